The Bertz CT molecular complexity index is 1420. The minimum Gasteiger partial charge on any atom is -0.338 e. The number of rotatable bonds is 4. The van der Waals surface area contributed by atoms with Crippen LogP contribution in [0.2, 0.25) is 0 Å². The van der Waals surface area contributed by atoms with Gasteiger partial charge in [-0.3, -0.25) is 9.59 Å². The number of hydrogen-bond donors (Lipinski definition) is 1. The lowest BCUT2D eigenvalue weighted by Gasteiger charge is -2.32. The zero-order valence-corrected chi connectivity index (χ0v) is 19.7. The van der Waals surface area contributed by atoms with Gasteiger partial charge < -0.3 is 9.88 Å². The molecule has 0 spiro atoms. The monoisotopic (exact) mass is 456 g/mol. The number of carbonyl (C=O) groups is 1. The highest BCUT2D eigenvalue weighted by Gasteiger charge is 2.28. The van der Waals surface area contributed by atoms with E-state index in [-0.39, 0.29) is 22.9 Å². The van der Waals surface area contributed by atoms with Crippen molar-refractivity contribution in [3.63, 3.8) is 0 Å². The largest absolute Gasteiger partial charge is 0.338 e. The Kier molecular flexibility index (Phi) is 5.73. The van der Waals surface area contributed by atoms with Crippen molar-refractivity contribution in [1.82, 2.24) is 29.9 Å². The third-order valence-corrected chi connectivity index (χ3v) is 6.61. The normalized spacial score (nSPS) is 16.2. The standard InChI is InChI=1S/C26H28N6O2/c1-16-7-10-19(11-8-16)26(34)31-12-4-5-20(14-31)23-27-24-22(25(33)28-23)29-30-32(24)15-21-13-17(2)6-9-18(21)3/h6-11,13,20H,4-5,12,14-15H2,1-3H3,(H,27,28,33)/t20-/m0/s1. The SMILES string of the molecule is Cc1ccc(C(=O)N2CCC[C@H](c3nc4c(nnn4Cc4cc(C)ccc4C)c(=O)[nH]3)C2)cc1. The predicted molar refractivity (Wildman–Crippen MR) is 130 cm³/mol. The fourth-order valence-electron chi connectivity index (χ4n) is 4.58. The van der Waals surface area contributed by atoms with E-state index in [1.54, 1.807) is 4.68 Å². The van der Waals surface area contributed by atoms with Gasteiger partial charge in [0.2, 0.25) is 0 Å². The number of nitrogens with zero attached hydrogens (tertiary/aromatic N) is 5. The average Bonchev–Trinajstić information content (AvgIpc) is 3.25. The molecule has 8 nitrogen and oxygen atoms in total. The number of hydrogen-bond acceptors (Lipinski definition) is 5. The second-order valence-electron chi connectivity index (χ2n) is 9.26. The van der Waals surface area contributed by atoms with E-state index in [0.29, 0.717) is 36.7 Å². The van der Waals surface area contributed by atoms with E-state index < -0.39 is 0 Å². The molecule has 1 saturated heterocycles. The highest BCUT2D eigenvalue weighted by molar-refractivity contribution is 5.94. The average molecular weight is 457 g/mol. The summed E-state index contributed by atoms with van der Waals surface area (Å²) in [5.74, 6) is 0.544. The first-order valence-corrected chi connectivity index (χ1v) is 11.6. The first kappa shape index (κ1) is 22.0. The first-order valence-electron chi connectivity index (χ1n) is 11.6. The molecule has 4 aromatic rings. The van der Waals surface area contributed by atoms with Crippen molar-refractivity contribution in [3.8, 4) is 0 Å². The molecule has 34 heavy (non-hydrogen) atoms. The summed E-state index contributed by atoms with van der Waals surface area (Å²) < 4.78 is 1.69. The lowest BCUT2D eigenvalue weighted by molar-refractivity contribution is 0.0704. The van der Waals surface area contributed by atoms with Gasteiger partial charge in [-0.1, -0.05) is 46.7 Å². The smallest absolute Gasteiger partial charge is 0.281 e. The number of aromatic amines is 1. The summed E-state index contributed by atoms with van der Waals surface area (Å²) in [5.41, 5.74) is 5.64. The Morgan fingerprint density at radius 3 is 2.65 bits per heavy atom. The van der Waals surface area contributed by atoms with Crippen molar-refractivity contribution < 1.29 is 4.79 Å². The molecule has 174 valence electrons. The fraction of sp³-hybridized carbons (Fsp3) is 0.346. The molecule has 5 rings (SSSR count). The van der Waals surface area contributed by atoms with Crippen LogP contribution in [0.1, 0.15) is 57.2 Å². The Labute approximate surface area is 197 Å². The van der Waals surface area contributed by atoms with Gasteiger partial charge in [-0.25, -0.2) is 9.67 Å². The van der Waals surface area contributed by atoms with E-state index >= 15 is 0 Å². The van der Waals surface area contributed by atoms with Gasteiger partial charge in [0.25, 0.3) is 11.5 Å². The number of likely N-dealkylation sites (tertiary alicyclic amines) is 1. The van der Waals surface area contributed by atoms with Gasteiger partial charge in [-0.2, -0.15) is 0 Å². The third-order valence-electron chi connectivity index (χ3n) is 6.61. The Balaban J connectivity index is 1.43. The number of carbonyl (C=O) groups excluding carboxylic acids is 1. The minimum absolute atomic E-state index is 0.00903. The van der Waals surface area contributed by atoms with E-state index in [1.807, 2.05) is 36.1 Å². The van der Waals surface area contributed by atoms with Crippen molar-refractivity contribution >= 4 is 17.1 Å². The number of benzene rings is 2. The molecule has 1 fully saturated rings. The second-order valence-corrected chi connectivity index (χ2v) is 9.26. The van der Waals surface area contributed by atoms with Crippen molar-refractivity contribution in [2.45, 2.75) is 46.1 Å². The molecule has 0 aliphatic carbocycles. The van der Waals surface area contributed by atoms with Gasteiger partial charge in [0.05, 0.1) is 6.54 Å². The lowest BCUT2D eigenvalue weighted by atomic mass is 9.96. The van der Waals surface area contributed by atoms with E-state index in [1.165, 1.54) is 0 Å². The van der Waals surface area contributed by atoms with E-state index in [4.69, 9.17) is 4.98 Å². The number of nitrogens with one attached hydrogen (secondary N) is 1. The molecule has 0 unspecified atom stereocenters. The van der Waals surface area contributed by atoms with Crippen LogP contribution in [0, 0.1) is 20.8 Å². The number of piperidine rings is 1. The molecular weight excluding hydrogens is 428 g/mol. The number of fused-ring (bicyclic) bond motifs is 1. The maximum atomic E-state index is 13.1. The highest BCUT2D eigenvalue weighted by Crippen LogP contribution is 2.26. The molecule has 0 saturated carbocycles. The molecular formula is C26H28N6O2. The van der Waals surface area contributed by atoms with Crippen LogP contribution in [0.3, 0.4) is 0 Å². The predicted octanol–water partition coefficient (Wildman–Crippen LogP) is 3.51. The molecule has 8 heteroatoms. The minimum atomic E-state index is -0.297. The van der Waals surface area contributed by atoms with Crippen LogP contribution in [-0.2, 0) is 6.54 Å². The molecule has 1 atom stereocenters. The molecule has 3 heterocycles. The molecule has 1 aliphatic rings. The van der Waals surface area contributed by atoms with Gasteiger partial charge in [-0.15, -0.1) is 5.10 Å². The highest BCUT2D eigenvalue weighted by atomic mass is 16.2. The molecule has 1 amide bonds. The second kappa shape index (κ2) is 8.85. The van der Waals surface area contributed by atoms with Gasteiger partial charge in [-0.05, 0) is 56.9 Å². The van der Waals surface area contributed by atoms with E-state index in [9.17, 15) is 9.59 Å². The van der Waals surface area contributed by atoms with Gasteiger partial charge in [0.15, 0.2) is 11.2 Å². The third kappa shape index (κ3) is 4.23. The maximum absolute atomic E-state index is 13.1. The zero-order chi connectivity index (χ0) is 23.8. The first-order chi connectivity index (χ1) is 16.4. The number of amides is 1. The molecule has 0 bridgehead atoms. The zero-order valence-electron chi connectivity index (χ0n) is 19.7. The van der Waals surface area contributed by atoms with Crippen LogP contribution in [0.5, 0.6) is 0 Å². The topological polar surface area (TPSA) is 96.8 Å². The number of aryl methyl sites for hydroxylation is 3. The number of H-pyrrole nitrogens is 1. The van der Waals surface area contributed by atoms with Gasteiger partial charge in [0, 0.05) is 24.6 Å². The summed E-state index contributed by atoms with van der Waals surface area (Å²) >= 11 is 0. The fourth-order valence-corrected chi connectivity index (χ4v) is 4.58. The Hall–Kier alpha value is -3.81. The van der Waals surface area contributed by atoms with Crippen molar-refractivity contribution in [2.75, 3.05) is 13.1 Å². The summed E-state index contributed by atoms with van der Waals surface area (Å²) in [6.07, 6.45) is 1.70. The Morgan fingerprint density at radius 2 is 1.85 bits per heavy atom. The molecule has 1 N–H and O–H groups in total. The van der Waals surface area contributed by atoms with Gasteiger partial charge >= 0.3 is 0 Å². The number of aromatic nitrogens is 5. The molecule has 2 aromatic heterocycles. The lowest BCUT2D eigenvalue weighted by Crippen LogP contribution is -2.40. The summed E-state index contributed by atoms with van der Waals surface area (Å²) in [4.78, 5) is 35.4. The summed E-state index contributed by atoms with van der Waals surface area (Å²) in [7, 11) is 0. The molecule has 0 radical (unpaired) electrons. The molecule has 2 aromatic carbocycles. The van der Waals surface area contributed by atoms with Crippen LogP contribution < -0.4 is 5.56 Å². The van der Waals surface area contributed by atoms with Gasteiger partial charge in [0.1, 0.15) is 5.82 Å². The maximum Gasteiger partial charge on any atom is 0.281 e. The van der Waals surface area contributed by atoms with Crippen LogP contribution in [-0.4, -0.2) is 48.9 Å². The van der Waals surface area contributed by atoms with Crippen LogP contribution in [0.4, 0.5) is 0 Å². The van der Waals surface area contributed by atoms with Crippen LogP contribution in [0.25, 0.3) is 11.2 Å². The summed E-state index contributed by atoms with van der Waals surface area (Å²) in [6.45, 7) is 7.81. The van der Waals surface area contributed by atoms with Crippen molar-refractivity contribution in [3.05, 3.63) is 86.5 Å². The summed E-state index contributed by atoms with van der Waals surface area (Å²) in [5, 5.41) is 8.30. The quantitative estimate of drug-likeness (QED) is 0.507. The summed E-state index contributed by atoms with van der Waals surface area (Å²) in [6, 6.07) is 13.9. The van der Waals surface area contributed by atoms with Crippen molar-refractivity contribution in [1.29, 1.82) is 0 Å². The van der Waals surface area contributed by atoms with Crippen LogP contribution in [0.15, 0.2) is 47.3 Å². The van der Waals surface area contributed by atoms with E-state index in [2.05, 4.69) is 47.3 Å². The van der Waals surface area contributed by atoms with E-state index in [0.717, 1.165) is 35.1 Å². The van der Waals surface area contributed by atoms with Crippen molar-refractivity contribution in [2.24, 2.45) is 0 Å². The molecule has 1 aliphatic heterocycles. The van der Waals surface area contributed by atoms with Crippen LogP contribution >= 0.6 is 0 Å². The Morgan fingerprint density at radius 1 is 1.09 bits per heavy atom.